The van der Waals surface area contributed by atoms with Gasteiger partial charge >= 0.3 is 0 Å². The smallest absolute Gasteiger partial charge is 0.254 e. The van der Waals surface area contributed by atoms with Crippen molar-refractivity contribution in [3.05, 3.63) is 71.7 Å². The van der Waals surface area contributed by atoms with E-state index < -0.39 is 5.54 Å². The van der Waals surface area contributed by atoms with Crippen molar-refractivity contribution in [3.8, 4) is 0 Å². The van der Waals surface area contributed by atoms with E-state index in [1.165, 1.54) is 0 Å². The normalized spacial score (nSPS) is 20.2. The zero-order valence-corrected chi connectivity index (χ0v) is 20.4. The number of imidazole rings is 1. The molecule has 0 saturated carbocycles. The third kappa shape index (κ3) is 3.50. The van der Waals surface area contributed by atoms with Gasteiger partial charge in [0.05, 0.1) is 23.3 Å². The highest BCUT2D eigenvalue weighted by atomic mass is 16.2. The summed E-state index contributed by atoms with van der Waals surface area (Å²) < 4.78 is 2.13. The third-order valence-corrected chi connectivity index (χ3v) is 7.54. The Morgan fingerprint density at radius 3 is 2.53 bits per heavy atom. The highest BCUT2D eigenvalue weighted by Gasteiger charge is 2.56. The number of carbonyl (C=O) groups is 2. The molecule has 1 aromatic carbocycles. The first-order valence-electron chi connectivity index (χ1n) is 12.1. The van der Waals surface area contributed by atoms with Crippen LogP contribution in [0.2, 0.25) is 0 Å². The molecule has 2 aliphatic heterocycles. The number of pyridine rings is 1. The number of hydrogen-bond donors (Lipinski definition) is 0. The van der Waals surface area contributed by atoms with E-state index in [9.17, 15) is 9.59 Å². The summed E-state index contributed by atoms with van der Waals surface area (Å²) >= 11 is 0. The van der Waals surface area contributed by atoms with Crippen LogP contribution in [0.4, 0.5) is 0 Å². The van der Waals surface area contributed by atoms with Crippen LogP contribution in [0.15, 0.2) is 54.9 Å². The number of likely N-dealkylation sites (N-methyl/N-ethyl adjacent to an activating group) is 1. The second kappa shape index (κ2) is 8.55. The number of piperidine rings is 1. The molecule has 2 amide bonds. The molecule has 0 bridgehead atoms. The van der Waals surface area contributed by atoms with Crippen LogP contribution >= 0.6 is 0 Å². The van der Waals surface area contributed by atoms with E-state index in [0.29, 0.717) is 5.56 Å². The van der Waals surface area contributed by atoms with E-state index in [0.717, 1.165) is 49.4 Å². The molecule has 4 heterocycles. The van der Waals surface area contributed by atoms with E-state index in [4.69, 9.17) is 0 Å². The van der Waals surface area contributed by atoms with Crippen LogP contribution < -0.4 is 0 Å². The van der Waals surface area contributed by atoms with E-state index in [1.807, 2.05) is 73.9 Å². The molecule has 7 heteroatoms. The first kappa shape index (κ1) is 22.6. The first-order valence-corrected chi connectivity index (χ1v) is 12.1. The van der Waals surface area contributed by atoms with Crippen molar-refractivity contribution in [1.82, 2.24) is 24.1 Å². The van der Waals surface area contributed by atoms with Gasteiger partial charge in [0.15, 0.2) is 0 Å². The summed E-state index contributed by atoms with van der Waals surface area (Å²) in [6, 6.07) is 13.7. The number of rotatable bonds is 4. The Balaban J connectivity index is 1.49. The fourth-order valence-corrected chi connectivity index (χ4v) is 6.03. The molecular formula is C27H33N5O2. The maximum absolute atomic E-state index is 13.7. The van der Waals surface area contributed by atoms with Crippen molar-refractivity contribution < 1.29 is 9.59 Å². The minimum absolute atomic E-state index is 0.00337. The zero-order chi connectivity index (χ0) is 24.0. The third-order valence-electron chi connectivity index (χ3n) is 7.54. The van der Waals surface area contributed by atoms with Gasteiger partial charge in [-0.25, -0.2) is 4.98 Å². The van der Waals surface area contributed by atoms with Crippen molar-refractivity contribution in [2.75, 3.05) is 27.2 Å². The quantitative estimate of drug-likeness (QED) is 0.600. The van der Waals surface area contributed by atoms with Gasteiger partial charge in [-0.05, 0) is 50.5 Å². The van der Waals surface area contributed by atoms with Gasteiger partial charge in [-0.15, -0.1) is 0 Å². The number of carbonyl (C=O) groups excluding carboxylic acids is 2. The minimum Gasteiger partial charge on any atom is -0.348 e. The van der Waals surface area contributed by atoms with E-state index >= 15 is 0 Å². The first-order chi connectivity index (χ1) is 16.3. The van der Waals surface area contributed by atoms with Crippen molar-refractivity contribution in [2.45, 2.75) is 50.7 Å². The molecule has 0 aliphatic carbocycles. The van der Waals surface area contributed by atoms with Gasteiger partial charge in [-0.2, -0.15) is 0 Å². The number of fused-ring (bicyclic) bond motifs is 2. The SMILES string of the molecule is CC(C)N1C(=O)c2ccccc2C(C(=O)N(C)C)C12CCN(Cc1cnc3ccccn13)CC2. The zero-order valence-electron chi connectivity index (χ0n) is 20.4. The van der Waals surface area contributed by atoms with Crippen molar-refractivity contribution >= 4 is 17.5 Å². The average molecular weight is 460 g/mol. The molecule has 1 saturated heterocycles. The predicted molar refractivity (Wildman–Crippen MR) is 132 cm³/mol. The van der Waals surface area contributed by atoms with E-state index in [2.05, 4.69) is 28.1 Å². The van der Waals surface area contributed by atoms with Crippen molar-refractivity contribution in [1.29, 1.82) is 0 Å². The summed E-state index contributed by atoms with van der Waals surface area (Å²) in [5.41, 5.74) is 3.10. The van der Waals surface area contributed by atoms with Crippen molar-refractivity contribution in [2.24, 2.45) is 0 Å². The lowest BCUT2D eigenvalue weighted by atomic mass is 9.66. The highest BCUT2D eigenvalue weighted by Crippen LogP contribution is 2.48. The summed E-state index contributed by atoms with van der Waals surface area (Å²) in [6.45, 7) is 6.55. The van der Waals surface area contributed by atoms with Gasteiger partial charge in [0.25, 0.3) is 5.91 Å². The Labute approximate surface area is 201 Å². The standard InChI is InChI=1S/C27H33N5O2/c1-19(2)32-25(33)22-10-6-5-9-21(22)24(26(34)29(3)4)27(32)12-15-30(16-13-27)18-20-17-28-23-11-7-8-14-31(20)23/h5-11,14,17,19,24H,12-13,15-16,18H2,1-4H3. The Kier molecular flexibility index (Phi) is 5.68. The molecule has 7 nitrogen and oxygen atoms in total. The molecular weight excluding hydrogens is 426 g/mol. The topological polar surface area (TPSA) is 61.2 Å². The summed E-state index contributed by atoms with van der Waals surface area (Å²) in [5.74, 6) is -0.249. The Bertz CT molecular complexity index is 1220. The summed E-state index contributed by atoms with van der Waals surface area (Å²) in [7, 11) is 3.63. The number of benzene rings is 1. The van der Waals surface area contributed by atoms with Crippen LogP contribution in [0.25, 0.3) is 5.65 Å². The van der Waals surface area contributed by atoms with Crippen LogP contribution in [-0.2, 0) is 11.3 Å². The molecule has 1 fully saturated rings. The molecule has 34 heavy (non-hydrogen) atoms. The number of aromatic nitrogens is 2. The van der Waals surface area contributed by atoms with Crippen LogP contribution in [0, 0.1) is 0 Å². The lowest BCUT2D eigenvalue weighted by Crippen LogP contribution is -2.66. The van der Waals surface area contributed by atoms with Gasteiger partial charge in [0.2, 0.25) is 5.91 Å². The predicted octanol–water partition coefficient (Wildman–Crippen LogP) is 3.41. The maximum atomic E-state index is 13.7. The molecule has 2 aromatic heterocycles. The lowest BCUT2D eigenvalue weighted by molar-refractivity contribution is -0.136. The molecule has 0 N–H and O–H groups in total. The largest absolute Gasteiger partial charge is 0.348 e. The molecule has 1 spiro atoms. The molecule has 1 atom stereocenters. The average Bonchev–Trinajstić information content (AvgIpc) is 3.23. The Morgan fingerprint density at radius 1 is 1.12 bits per heavy atom. The molecule has 5 rings (SSSR count). The van der Waals surface area contributed by atoms with Gasteiger partial charge in [-0.3, -0.25) is 14.5 Å². The van der Waals surface area contributed by atoms with Crippen LogP contribution in [0.5, 0.6) is 0 Å². The minimum atomic E-state index is -0.531. The molecule has 0 radical (unpaired) electrons. The summed E-state index contributed by atoms with van der Waals surface area (Å²) in [4.78, 5) is 38.0. The number of nitrogens with zero attached hydrogens (tertiary/aromatic N) is 5. The van der Waals surface area contributed by atoms with Gasteiger partial charge < -0.3 is 14.2 Å². The van der Waals surface area contributed by atoms with Gasteiger partial charge in [0, 0.05) is 51.5 Å². The second-order valence-electron chi connectivity index (χ2n) is 10.1. The molecule has 1 unspecified atom stereocenters. The summed E-state index contributed by atoms with van der Waals surface area (Å²) in [5, 5.41) is 0. The van der Waals surface area contributed by atoms with Gasteiger partial charge in [-0.1, -0.05) is 24.3 Å². The fraction of sp³-hybridized carbons (Fsp3) is 0.444. The Hall–Kier alpha value is -3.19. The summed E-state index contributed by atoms with van der Waals surface area (Å²) in [6.07, 6.45) is 5.50. The van der Waals surface area contributed by atoms with Crippen LogP contribution in [0.3, 0.4) is 0 Å². The fourth-order valence-electron chi connectivity index (χ4n) is 6.03. The van der Waals surface area contributed by atoms with E-state index in [-0.39, 0.29) is 23.8 Å². The molecule has 3 aromatic rings. The monoisotopic (exact) mass is 459 g/mol. The number of likely N-dealkylation sites (tertiary alicyclic amines) is 1. The molecule has 2 aliphatic rings. The van der Waals surface area contributed by atoms with Gasteiger partial charge in [0.1, 0.15) is 5.65 Å². The van der Waals surface area contributed by atoms with Crippen LogP contribution in [0.1, 0.15) is 54.2 Å². The lowest BCUT2D eigenvalue weighted by Gasteiger charge is -2.56. The van der Waals surface area contributed by atoms with E-state index in [1.54, 1.807) is 4.90 Å². The number of amides is 2. The van der Waals surface area contributed by atoms with Crippen molar-refractivity contribution in [3.63, 3.8) is 0 Å². The second-order valence-corrected chi connectivity index (χ2v) is 10.1. The number of hydrogen-bond acceptors (Lipinski definition) is 4. The highest BCUT2D eigenvalue weighted by molar-refractivity contribution is 6.02. The maximum Gasteiger partial charge on any atom is 0.254 e. The van der Waals surface area contributed by atoms with Crippen LogP contribution in [-0.4, -0.2) is 74.7 Å². The molecule has 178 valence electrons. The Morgan fingerprint density at radius 2 is 1.82 bits per heavy atom.